The molecule has 0 unspecified atom stereocenters. The summed E-state index contributed by atoms with van der Waals surface area (Å²) in [6, 6.07) is 0.536. The standard InChI is InChI=1S/C19H23FN8O/c20-13-5-7-26(9-13)15-3-1-14(2-4-15)24-19(29)16-10-28-17(22-11-23-28)18(25-16)27-8-6-21-12-27/h6,8,10-15H,1-5,7,9H2,(H,24,29)/t13-,14?,15?/m0/s1. The molecule has 0 spiro atoms. The fourth-order valence-corrected chi connectivity index (χ4v) is 4.40. The van der Waals surface area contributed by atoms with Crippen LogP contribution in [0.2, 0.25) is 0 Å². The third kappa shape index (κ3) is 3.59. The van der Waals surface area contributed by atoms with Gasteiger partial charge in [0.25, 0.3) is 5.91 Å². The van der Waals surface area contributed by atoms with Crippen LogP contribution in [0.25, 0.3) is 11.5 Å². The number of nitrogens with zero attached hydrogens (tertiary/aromatic N) is 7. The summed E-state index contributed by atoms with van der Waals surface area (Å²) in [5, 5.41) is 7.26. The number of carbonyl (C=O) groups is 1. The molecule has 5 rings (SSSR count). The van der Waals surface area contributed by atoms with E-state index >= 15 is 0 Å². The van der Waals surface area contributed by atoms with Gasteiger partial charge in [-0.1, -0.05) is 0 Å². The third-order valence-corrected chi connectivity index (χ3v) is 5.94. The summed E-state index contributed by atoms with van der Waals surface area (Å²) in [4.78, 5) is 27.9. The number of carbonyl (C=O) groups excluding carboxylic acids is 1. The third-order valence-electron chi connectivity index (χ3n) is 5.94. The lowest BCUT2D eigenvalue weighted by atomic mass is 9.90. The summed E-state index contributed by atoms with van der Waals surface area (Å²) in [5.74, 6) is 0.281. The number of hydrogen-bond donors (Lipinski definition) is 1. The van der Waals surface area contributed by atoms with E-state index < -0.39 is 6.17 Å². The van der Waals surface area contributed by atoms with Crippen LogP contribution in [0.4, 0.5) is 4.39 Å². The van der Waals surface area contributed by atoms with Crippen molar-refractivity contribution in [1.29, 1.82) is 0 Å². The normalized spacial score (nSPS) is 25.5. The van der Waals surface area contributed by atoms with Crippen molar-refractivity contribution in [1.82, 2.24) is 39.3 Å². The number of fused-ring (bicyclic) bond motifs is 1. The average Bonchev–Trinajstić information content (AvgIpc) is 3.49. The van der Waals surface area contributed by atoms with Crippen molar-refractivity contribution < 1.29 is 9.18 Å². The van der Waals surface area contributed by atoms with Gasteiger partial charge in [-0.2, -0.15) is 5.10 Å². The largest absolute Gasteiger partial charge is 0.348 e. The molecule has 4 heterocycles. The van der Waals surface area contributed by atoms with E-state index in [1.165, 1.54) is 6.33 Å². The molecule has 0 radical (unpaired) electrons. The highest BCUT2D eigenvalue weighted by Gasteiger charge is 2.31. The molecular formula is C19H23FN8O. The van der Waals surface area contributed by atoms with E-state index in [4.69, 9.17) is 0 Å². The van der Waals surface area contributed by atoms with Crippen LogP contribution in [0, 0.1) is 0 Å². The molecule has 1 N–H and O–H groups in total. The maximum atomic E-state index is 13.5. The van der Waals surface area contributed by atoms with Gasteiger partial charge in [-0.05, 0) is 32.1 Å². The van der Waals surface area contributed by atoms with Crippen LogP contribution < -0.4 is 5.32 Å². The first kappa shape index (κ1) is 18.2. The van der Waals surface area contributed by atoms with Crippen molar-refractivity contribution in [3.05, 3.63) is 36.9 Å². The summed E-state index contributed by atoms with van der Waals surface area (Å²) >= 11 is 0. The predicted octanol–water partition coefficient (Wildman–Crippen LogP) is 1.39. The Morgan fingerprint density at radius 1 is 1.21 bits per heavy atom. The zero-order valence-electron chi connectivity index (χ0n) is 16.0. The quantitative estimate of drug-likeness (QED) is 0.714. The number of halogens is 1. The molecule has 1 amide bonds. The second kappa shape index (κ2) is 7.51. The van der Waals surface area contributed by atoms with Crippen LogP contribution in [0.3, 0.4) is 0 Å². The zero-order valence-corrected chi connectivity index (χ0v) is 16.0. The zero-order chi connectivity index (χ0) is 19.8. The number of nitrogens with one attached hydrogen (secondary N) is 1. The minimum Gasteiger partial charge on any atom is -0.348 e. The van der Waals surface area contributed by atoms with Gasteiger partial charge < -0.3 is 5.32 Å². The Morgan fingerprint density at radius 2 is 2.07 bits per heavy atom. The number of likely N-dealkylation sites (tertiary alicyclic amines) is 1. The van der Waals surface area contributed by atoms with E-state index in [1.807, 2.05) is 0 Å². The van der Waals surface area contributed by atoms with Crippen molar-refractivity contribution in [2.45, 2.75) is 50.4 Å². The Balaban J connectivity index is 1.27. The van der Waals surface area contributed by atoms with Crippen LogP contribution in [0.15, 0.2) is 31.2 Å². The molecule has 1 saturated heterocycles. The van der Waals surface area contributed by atoms with E-state index in [2.05, 4.69) is 30.3 Å². The molecule has 2 aliphatic rings. The minimum atomic E-state index is -0.685. The van der Waals surface area contributed by atoms with Crippen LogP contribution in [0.1, 0.15) is 42.6 Å². The summed E-state index contributed by atoms with van der Waals surface area (Å²) in [7, 11) is 0. The van der Waals surface area contributed by atoms with Crippen LogP contribution in [-0.2, 0) is 0 Å². The summed E-state index contributed by atoms with van der Waals surface area (Å²) in [5.41, 5.74) is 0.838. The van der Waals surface area contributed by atoms with Crippen LogP contribution in [0.5, 0.6) is 0 Å². The van der Waals surface area contributed by atoms with E-state index in [9.17, 15) is 9.18 Å². The van der Waals surface area contributed by atoms with Gasteiger partial charge in [0.15, 0.2) is 11.5 Å². The smallest absolute Gasteiger partial charge is 0.271 e. The fraction of sp³-hybridized carbons (Fsp3) is 0.526. The Labute approximate surface area is 167 Å². The number of aromatic nitrogens is 6. The molecule has 3 aromatic heterocycles. The SMILES string of the molecule is O=C(NC1CCC(N2CC[C@H](F)C2)CC1)c1cn2ncnc2c(-n2ccnc2)n1. The van der Waals surface area contributed by atoms with Crippen LogP contribution >= 0.6 is 0 Å². The lowest BCUT2D eigenvalue weighted by molar-refractivity contribution is 0.0904. The molecule has 1 saturated carbocycles. The van der Waals surface area contributed by atoms with Crippen molar-refractivity contribution in [2.24, 2.45) is 0 Å². The molecule has 29 heavy (non-hydrogen) atoms. The second-order valence-corrected chi connectivity index (χ2v) is 7.81. The van der Waals surface area contributed by atoms with Crippen molar-refractivity contribution >= 4 is 11.6 Å². The van der Waals surface area contributed by atoms with E-state index in [0.717, 1.165) is 32.2 Å². The highest BCUT2D eigenvalue weighted by atomic mass is 19.1. The van der Waals surface area contributed by atoms with Gasteiger partial charge in [-0.3, -0.25) is 14.3 Å². The molecule has 2 fully saturated rings. The lowest BCUT2D eigenvalue weighted by Gasteiger charge is -2.34. The van der Waals surface area contributed by atoms with Crippen molar-refractivity contribution in [2.75, 3.05) is 13.1 Å². The highest BCUT2D eigenvalue weighted by Crippen LogP contribution is 2.27. The van der Waals surface area contributed by atoms with E-state index in [1.54, 1.807) is 34.0 Å². The summed E-state index contributed by atoms with van der Waals surface area (Å²) < 4.78 is 16.7. The Bertz CT molecular complexity index is 995. The molecule has 0 bridgehead atoms. The molecule has 1 aliphatic heterocycles. The second-order valence-electron chi connectivity index (χ2n) is 7.81. The predicted molar refractivity (Wildman–Crippen MR) is 103 cm³/mol. The topological polar surface area (TPSA) is 93.2 Å². The average molecular weight is 398 g/mol. The molecule has 1 aliphatic carbocycles. The Kier molecular flexibility index (Phi) is 4.70. The van der Waals surface area contributed by atoms with Gasteiger partial charge in [0.1, 0.15) is 24.5 Å². The maximum Gasteiger partial charge on any atom is 0.271 e. The minimum absolute atomic E-state index is 0.104. The Hall–Kier alpha value is -2.88. The first-order valence-corrected chi connectivity index (χ1v) is 10.0. The molecule has 1 atom stereocenters. The van der Waals surface area contributed by atoms with Crippen LogP contribution in [-0.4, -0.2) is 71.3 Å². The maximum absolute atomic E-state index is 13.5. The van der Waals surface area contributed by atoms with Gasteiger partial charge >= 0.3 is 0 Å². The molecule has 3 aromatic rings. The number of imidazole rings is 1. The highest BCUT2D eigenvalue weighted by molar-refractivity contribution is 5.92. The first-order chi connectivity index (χ1) is 14.2. The molecule has 0 aromatic carbocycles. The number of rotatable bonds is 4. The fourth-order valence-electron chi connectivity index (χ4n) is 4.40. The van der Waals surface area contributed by atoms with Gasteiger partial charge in [-0.25, -0.2) is 23.9 Å². The van der Waals surface area contributed by atoms with E-state index in [-0.39, 0.29) is 17.6 Å². The lowest BCUT2D eigenvalue weighted by Crippen LogP contribution is -2.43. The monoisotopic (exact) mass is 398 g/mol. The number of amides is 1. The molecular weight excluding hydrogens is 375 g/mol. The molecule has 9 nitrogen and oxygen atoms in total. The number of hydrogen-bond acceptors (Lipinski definition) is 6. The van der Waals surface area contributed by atoms with Crippen molar-refractivity contribution in [3.8, 4) is 5.82 Å². The molecule has 10 heteroatoms. The molecule has 152 valence electrons. The van der Waals surface area contributed by atoms with Gasteiger partial charge in [0.2, 0.25) is 0 Å². The summed E-state index contributed by atoms with van der Waals surface area (Å²) in [6.07, 6.45) is 11.7. The van der Waals surface area contributed by atoms with Gasteiger partial charge in [-0.15, -0.1) is 0 Å². The first-order valence-electron chi connectivity index (χ1n) is 10.0. The van der Waals surface area contributed by atoms with Crippen molar-refractivity contribution in [3.63, 3.8) is 0 Å². The van der Waals surface area contributed by atoms with E-state index in [0.29, 0.717) is 30.5 Å². The number of alkyl halides is 1. The Morgan fingerprint density at radius 3 is 2.79 bits per heavy atom. The van der Waals surface area contributed by atoms with Gasteiger partial charge in [0.05, 0.1) is 6.20 Å². The van der Waals surface area contributed by atoms with Gasteiger partial charge in [0, 0.05) is 37.6 Å². The summed E-state index contributed by atoms with van der Waals surface area (Å²) in [6.45, 7) is 1.41.